The van der Waals surface area contributed by atoms with Crippen molar-refractivity contribution in [3.8, 4) is 0 Å². The van der Waals surface area contributed by atoms with Crippen LogP contribution in [0, 0.1) is 0 Å². The number of carbonyl (C=O) groups is 2. The van der Waals surface area contributed by atoms with Gasteiger partial charge in [0.2, 0.25) is 11.8 Å². The standard InChI is InChI=1S/C20H21N3O3S/c1-2-14-7-9-15(10-8-14)11-12-18(24)22-23-19(25)13-27-20-21-16-5-3-4-6-17(16)26-20/h3-10H,2,11-13H2,1H3,(H,22,24)(H,23,25). The minimum atomic E-state index is -0.317. The van der Waals surface area contributed by atoms with Gasteiger partial charge in [0.05, 0.1) is 5.75 Å². The fraction of sp³-hybridized carbons (Fsp3) is 0.250. The van der Waals surface area contributed by atoms with Crippen molar-refractivity contribution in [1.29, 1.82) is 0 Å². The van der Waals surface area contributed by atoms with Crippen molar-refractivity contribution in [1.82, 2.24) is 15.8 Å². The average molecular weight is 383 g/mol. The predicted molar refractivity (Wildman–Crippen MR) is 105 cm³/mol. The van der Waals surface area contributed by atoms with Gasteiger partial charge in [-0.2, -0.15) is 0 Å². The van der Waals surface area contributed by atoms with Crippen LogP contribution >= 0.6 is 11.8 Å². The summed E-state index contributed by atoms with van der Waals surface area (Å²) in [5, 5.41) is 0.424. The Balaban J connectivity index is 1.37. The molecule has 0 saturated heterocycles. The third-order valence-electron chi connectivity index (χ3n) is 4.01. The van der Waals surface area contributed by atoms with E-state index >= 15 is 0 Å². The summed E-state index contributed by atoms with van der Waals surface area (Å²) in [4.78, 5) is 28.0. The molecule has 2 amide bonds. The first kappa shape index (κ1) is 19.0. The number of oxazole rings is 1. The number of nitrogens with zero attached hydrogens (tertiary/aromatic N) is 1. The Morgan fingerprint density at radius 3 is 2.44 bits per heavy atom. The largest absolute Gasteiger partial charge is 0.431 e. The number of thioether (sulfide) groups is 1. The number of hydrogen-bond donors (Lipinski definition) is 2. The van der Waals surface area contributed by atoms with Crippen LogP contribution in [0.4, 0.5) is 0 Å². The fourth-order valence-electron chi connectivity index (χ4n) is 2.48. The van der Waals surface area contributed by atoms with Gasteiger partial charge in [0, 0.05) is 6.42 Å². The molecule has 0 aliphatic rings. The Kier molecular flexibility index (Phi) is 6.49. The van der Waals surface area contributed by atoms with E-state index in [1.807, 2.05) is 36.4 Å². The van der Waals surface area contributed by atoms with Gasteiger partial charge in [0.25, 0.3) is 5.22 Å². The van der Waals surface area contributed by atoms with E-state index in [9.17, 15) is 9.59 Å². The van der Waals surface area contributed by atoms with Crippen molar-refractivity contribution in [2.45, 2.75) is 31.4 Å². The Labute approximate surface area is 161 Å². The van der Waals surface area contributed by atoms with E-state index < -0.39 is 0 Å². The normalized spacial score (nSPS) is 10.7. The molecule has 0 saturated carbocycles. The smallest absolute Gasteiger partial charge is 0.257 e. The molecule has 0 radical (unpaired) electrons. The van der Waals surface area contributed by atoms with E-state index in [0.29, 0.717) is 23.6 Å². The number of carbonyl (C=O) groups excluding carboxylic acids is 2. The first-order chi connectivity index (χ1) is 13.1. The Morgan fingerprint density at radius 1 is 1.00 bits per heavy atom. The number of para-hydroxylation sites is 2. The van der Waals surface area contributed by atoms with Crippen molar-refractivity contribution >= 4 is 34.7 Å². The summed E-state index contributed by atoms with van der Waals surface area (Å²) >= 11 is 1.18. The lowest BCUT2D eigenvalue weighted by Gasteiger charge is -2.07. The SMILES string of the molecule is CCc1ccc(CCC(=O)NNC(=O)CSc2nc3ccccc3o2)cc1. The van der Waals surface area contributed by atoms with Crippen molar-refractivity contribution in [2.24, 2.45) is 0 Å². The second-order valence-electron chi connectivity index (χ2n) is 6.00. The summed E-state index contributed by atoms with van der Waals surface area (Å²) in [7, 11) is 0. The lowest BCUT2D eigenvalue weighted by atomic mass is 10.1. The predicted octanol–water partition coefficient (Wildman–Crippen LogP) is 3.26. The molecule has 3 aromatic rings. The summed E-state index contributed by atoms with van der Waals surface area (Å²) < 4.78 is 5.53. The van der Waals surface area contributed by atoms with E-state index in [0.717, 1.165) is 17.5 Å². The Morgan fingerprint density at radius 2 is 1.70 bits per heavy atom. The number of nitrogens with one attached hydrogen (secondary N) is 2. The van der Waals surface area contributed by atoms with Gasteiger partial charge in [0.15, 0.2) is 5.58 Å². The van der Waals surface area contributed by atoms with E-state index in [2.05, 4.69) is 34.9 Å². The zero-order chi connectivity index (χ0) is 19.1. The third-order valence-corrected chi connectivity index (χ3v) is 4.84. The van der Waals surface area contributed by atoms with Gasteiger partial charge in [-0.1, -0.05) is 55.1 Å². The molecule has 3 rings (SSSR count). The molecule has 1 heterocycles. The van der Waals surface area contributed by atoms with Gasteiger partial charge in [-0.25, -0.2) is 4.98 Å². The molecular weight excluding hydrogens is 362 g/mol. The van der Waals surface area contributed by atoms with E-state index in [1.165, 1.54) is 17.3 Å². The first-order valence-electron chi connectivity index (χ1n) is 8.78. The van der Waals surface area contributed by atoms with Gasteiger partial charge >= 0.3 is 0 Å². The number of benzene rings is 2. The molecule has 0 unspecified atom stereocenters. The molecule has 0 aliphatic carbocycles. The summed E-state index contributed by atoms with van der Waals surface area (Å²) in [5.41, 5.74) is 8.65. The molecule has 140 valence electrons. The van der Waals surface area contributed by atoms with E-state index in [-0.39, 0.29) is 17.6 Å². The van der Waals surface area contributed by atoms with Crippen molar-refractivity contribution in [3.63, 3.8) is 0 Å². The highest BCUT2D eigenvalue weighted by atomic mass is 32.2. The molecule has 6 nitrogen and oxygen atoms in total. The number of rotatable bonds is 7. The highest BCUT2D eigenvalue weighted by Crippen LogP contribution is 2.22. The van der Waals surface area contributed by atoms with Crippen LogP contribution in [0.3, 0.4) is 0 Å². The molecule has 2 aromatic carbocycles. The van der Waals surface area contributed by atoms with Gasteiger partial charge in [-0.3, -0.25) is 20.4 Å². The van der Waals surface area contributed by atoms with Crippen LogP contribution in [0.15, 0.2) is 58.2 Å². The molecule has 2 N–H and O–H groups in total. The Bertz CT molecular complexity index is 889. The lowest BCUT2D eigenvalue weighted by molar-refractivity contribution is -0.127. The lowest BCUT2D eigenvalue weighted by Crippen LogP contribution is -2.42. The first-order valence-corrected chi connectivity index (χ1v) is 9.76. The monoisotopic (exact) mass is 383 g/mol. The molecule has 27 heavy (non-hydrogen) atoms. The van der Waals surface area contributed by atoms with Gasteiger partial charge in [0.1, 0.15) is 5.52 Å². The summed E-state index contributed by atoms with van der Waals surface area (Å²) in [6.07, 6.45) is 1.93. The van der Waals surface area contributed by atoms with Gasteiger partial charge < -0.3 is 4.42 Å². The van der Waals surface area contributed by atoms with Crippen molar-refractivity contribution < 1.29 is 14.0 Å². The quantitative estimate of drug-likeness (QED) is 0.483. The van der Waals surface area contributed by atoms with Crippen LogP contribution in [-0.2, 0) is 22.4 Å². The highest BCUT2D eigenvalue weighted by Gasteiger charge is 2.10. The van der Waals surface area contributed by atoms with Crippen LogP contribution < -0.4 is 10.9 Å². The van der Waals surface area contributed by atoms with Crippen LogP contribution in [0.5, 0.6) is 0 Å². The number of hydrazine groups is 1. The van der Waals surface area contributed by atoms with E-state index in [1.54, 1.807) is 0 Å². The molecule has 7 heteroatoms. The zero-order valence-electron chi connectivity index (χ0n) is 15.0. The zero-order valence-corrected chi connectivity index (χ0v) is 15.8. The third kappa shape index (κ3) is 5.59. The average Bonchev–Trinajstić information content (AvgIpc) is 3.12. The second kappa shape index (κ2) is 9.23. The maximum Gasteiger partial charge on any atom is 0.257 e. The number of aryl methyl sites for hydroxylation is 2. The minimum absolute atomic E-state index is 0.103. The maximum atomic E-state index is 11.9. The molecule has 0 bridgehead atoms. The topological polar surface area (TPSA) is 84.2 Å². The fourth-order valence-corrected chi connectivity index (χ4v) is 3.12. The number of fused-ring (bicyclic) bond motifs is 1. The highest BCUT2D eigenvalue weighted by molar-refractivity contribution is 7.99. The molecule has 0 aliphatic heterocycles. The number of aromatic nitrogens is 1. The van der Waals surface area contributed by atoms with Crippen LogP contribution in [-0.4, -0.2) is 22.6 Å². The van der Waals surface area contributed by atoms with Crippen LogP contribution in [0.1, 0.15) is 24.5 Å². The molecular formula is C20H21N3O3S. The second-order valence-corrected chi connectivity index (χ2v) is 6.93. The Hall–Kier alpha value is -2.80. The number of amides is 2. The molecule has 1 aromatic heterocycles. The minimum Gasteiger partial charge on any atom is -0.431 e. The van der Waals surface area contributed by atoms with Gasteiger partial charge in [-0.15, -0.1) is 0 Å². The van der Waals surface area contributed by atoms with Gasteiger partial charge in [-0.05, 0) is 36.1 Å². The number of hydrogen-bond acceptors (Lipinski definition) is 5. The van der Waals surface area contributed by atoms with Crippen molar-refractivity contribution in [2.75, 3.05) is 5.75 Å². The van der Waals surface area contributed by atoms with Crippen LogP contribution in [0.25, 0.3) is 11.1 Å². The van der Waals surface area contributed by atoms with Crippen LogP contribution in [0.2, 0.25) is 0 Å². The van der Waals surface area contributed by atoms with Crippen molar-refractivity contribution in [3.05, 3.63) is 59.7 Å². The summed E-state index contributed by atoms with van der Waals surface area (Å²) in [6, 6.07) is 15.6. The molecule has 0 fully saturated rings. The molecule has 0 spiro atoms. The maximum absolute atomic E-state index is 11.9. The van der Waals surface area contributed by atoms with E-state index in [4.69, 9.17) is 4.42 Å². The molecule has 0 atom stereocenters. The summed E-state index contributed by atoms with van der Waals surface area (Å²) in [6.45, 7) is 2.10. The summed E-state index contributed by atoms with van der Waals surface area (Å²) in [5.74, 6) is -0.441.